The molecule has 16 heavy (non-hydrogen) atoms. The van der Waals surface area contributed by atoms with Gasteiger partial charge in [-0.15, -0.1) is 11.3 Å². The maximum absolute atomic E-state index is 5.79. The summed E-state index contributed by atoms with van der Waals surface area (Å²) in [7, 11) is 0. The van der Waals surface area contributed by atoms with Crippen LogP contribution in [0.5, 0.6) is 0 Å². The van der Waals surface area contributed by atoms with E-state index in [0.717, 1.165) is 31.8 Å². The van der Waals surface area contributed by atoms with E-state index < -0.39 is 0 Å². The van der Waals surface area contributed by atoms with Gasteiger partial charge in [0.1, 0.15) is 0 Å². The summed E-state index contributed by atoms with van der Waals surface area (Å²) in [6, 6.07) is 0. The van der Waals surface area contributed by atoms with Crippen LogP contribution in [-0.2, 0) is 11.3 Å². The third-order valence-electron chi connectivity index (χ3n) is 2.94. The number of hydrogen-bond donors (Lipinski definition) is 1. The predicted molar refractivity (Wildman–Crippen MR) is 66.6 cm³/mol. The van der Waals surface area contributed by atoms with Gasteiger partial charge in [-0.1, -0.05) is 12.8 Å². The van der Waals surface area contributed by atoms with Gasteiger partial charge in [0.25, 0.3) is 0 Å². The molecule has 1 aliphatic rings. The van der Waals surface area contributed by atoms with Crippen LogP contribution >= 0.6 is 11.3 Å². The minimum absolute atomic E-state index is 0.554. The first kappa shape index (κ1) is 12.0. The Morgan fingerprint density at radius 3 is 3.06 bits per heavy atom. The highest BCUT2D eigenvalue weighted by Crippen LogP contribution is 2.20. The Bertz CT molecular complexity index is 271. The number of nitrogens with zero attached hydrogens (tertiary/aromatic N) is 1. The second-order valence-electron chi connectivity index (χ2n) is 4.29. The van der Waals surface area contributed by atoms with Crippen LogP contribution in [0.2, 0.25) is 0 Å². The van der Waals surface area contributed by atoms with E-state index in [1.807, 2.05) is 5.51 Å². The average Bonchev–Trinajstić information content (AvgIpc) is 2.96. The third kappa shape index (κ3) is 4.20. The Balaban J connectivity index is 1.43. The van der Waals surface area contributed by atoms with Crippen molar-refractivity contribution in [1.29, 1.82) is 0 Å². The van der Waals surface area contributed by atoms with Crippen LogP contribution in [0.4, 0.5) is 0 Å². The lowest BCUT2D eigenvalue weighted by atomic mass is 10.3. The molecule has 4 heteroatoms. The standard InChI is InChI=1S/C12H20N2OS/c1-2-5-12(4-1)15-7-3-6-13-8-11-9-16-10-14-11/h9-10,12-13H,1-8H2. The minimum Gasteiger partial charge on any atom is -0.378 e. The molecule has 3 nitrogen and oxygen atoms in total. The molecule has 0 aliphatic heterocycles. The molecule has 2 rings (SSSR count). The van der Waals surface area contributed by atoms with E-state index in [9.17, 15) is 0 Å². The summed E-state index contributed by atoms with van der Waals surface area (Å²) in [4.78, 5) is 4.22. The summed E-state index contributed by atoms with van der Waals surface area (Å²) in [5, 5.41) is 5.46. The van der Waals surface area contributed by atoms with Crippen molar-refractivity contribution in [2.24, 2.45) is 0 Å². The van der Waals surface area contributed by atoms with Gasteiger partial charge in [-0.2, -0.15) is 0 Å². The van der Waals surface area contributed by atoms with E-state index in [1.54, 1.807) is 11.3 Å². The van der Waals surface area contributed by atoms with E-state index >= 15 is 0 Å². The van der Waals surface area contributed by atoms with Crippen LogP contribution < -0.4 is 5.32 Å². The molecular formula is C12H20N2OS. The van der Waals surface area contributed by atoms with E-state index in [0.29, 0.717) is 6.10 Å². The van der Waals surface area contributed by atoms with Gasteiger partial charge in [-0.05, 0) is 25.8 Å². The van der Waals surface area contributed by atoms with Crippen LogP contribution in [0.25, 0.3) is 0 Å². The number of rotatable bonds is 7. The highest BCUT2D eigenvalue weighted by atomic mass is 32.1. The Kier molecular flexibility index (Phi) is 5.25. The second-order valence-corrected chi connectivity index (χ2v) is 5.01. The zero-order valence-corrected chi connectivity index (χ0v) is 10.5. The van der Waals surface area contributed by atoms with Crippen molar-refractivity contribution in [2.45, 2.75) is 44.8 Å². The SMILES string of the molecule is c1nc(CNCCCOC2CCCC2)cs1. The number of nitrogens with one attached hydrogen (secondary N) is 1. The molecule has 0 aromatic carbocycles. The molecule has 0 saturated heterocycles. The molecule has 1 aromatic heterocycles. The maximum atomic E-state index is 5.79. The fourth-order valence-corrected chi connectivity index (χ4v) is 2.60. The van der Waals surface area contributed by atoms with Gasteiger partial charge in [-0.3, -0.25) is 0 Å². The van der Waals surface area contributed by atoms with Crippen LogP contribution in [0.3, 0.4) is 0 Å². The fourth-order valence-electron chi connectivity index (χ4n) is 2.04. The first-order valence-corrected chi connectivity index (χ1v) is 7.09. The zero-order chi connectivity index (χ0) is 11.1. The Labute approximate surface area is 101 Å². The van der Waals surface area contributed by atoms with Crippen molar-refractivity contribution in [2.75, 3.05) is 13.2 Å². The van der Waals surface area contributed by atoms with Gasteiger partial charge < -0.3 is 10.1 Å². The molecule has 1 heterocycles. The number of aromatic nitrogens is 1. The molecule has 1 N–H and O–H groups in total. The van der Waals surface area contributed by atoms with E-state index in [2.05, 4.69) is 15.7 Å². The first-order chi connectivity index (χ1) is 7.95. The lowest BCUT2D eigenvalue weighted by molar-refractivity contribution is 0.0568. The molecule has 90 valence electrons. The van der Waals surface area contributed by atoms with Gasteiger partial charge in [0, 0.05) is 18.5 Å². The normalized spacial score (nSPS) is 17.0. The largest absolute Gasteiger partial charge is 0.378 e. The van der Waals surface area contributed by atoms with Crippen molar-refractivity contribution < 1.29 is 4.74 Å². The highest BCUT2D eigenvalue weighted by molar-refractivity contribution is 7.07. The molecule has 1 fully saturated rings. The molecule has 0 radical (unpaired) electrons. The van der Waals surface area contributed by atoms with Crippen molar-refractivity contribution in [3.05, 3.63) is 16.6 Å². The van der Waals surface area contributed by atoms with Gasteiger partial charge in [0.2, 0.25) is 0 Å². The van der Waals surface area contributed by atoms with Crippen molar-refractivity contribution in [1.82, 2.24) is 10.3 Å². The van der Waals surface area contributed by atoms with Crippen molar-refractivity contribution in [3.8, 4) is 0 Å². The third-order valence-corrected chi connectivity index (χ3v) is 3.58. The summed E-state index contributed by atoms with van der Waals surface area (Å²) in [5.74, 6) is 0. The summed E-state index contributed by atoms with van der Waals surface area (Å²) < 4.78 is 5.79. The van der Waals surface area contributed by atoms with E-state index in [-0.39, 0.29) is 0 Å². The Morgan fingerprint density at radius 2 is 2.31 bits per heavy atom. The van der Waals surface area contributed by atoms with Gasteiger partial charge in [0.15, 0.2) is 0 Å². The molecule has 0 bridgehead atoms. The Hall–Kier alpha value is -0.450. The fraction of sp³-hybridized carbons (Fsp3) is 0.750. The maximum Gasteiger partial charge on any atom is 0.0795 e. The molecule has 1 saturated carbocycles. The Morgan fingerprint density at radius 1 is 1.44 bits per heavy atom. The monoisotopic (exact) mass is 240 g/mol. The topological polar surface area (TPSA) is 34.2 Å². The van der Waals surface area contributed by atoms with Gasteiger partial charge in [-0.25, -0.2) is 4.98 Å². The molecule has 1 aromatic rings. The minimum atomic E-state index is 0.554. The highest BCUT2D eigenvalue weighted by Gasteiger charge is 2.14. The van der Waals surface area contributed by atoms with Gasteiger partial charge >= 0.3 is 0 Å². The summed E-state index contributed by atoms with van der Waals surface area (Å²) in [6.07, 6.45) is 6.90. The predicted octanol–water partition coefficient (Wildman–Crippen LogP) is 2.58. The molecule has 0 amide bonds. The summed E-state index contributed by atoms with van der Waals surface area (Å²) >= 11 is 1.65. The lowest BCUT2D eigenvalue weighted by Gasteiger charge is -2.10. The average molecular weight is 240 g/mol. The second kappa shape index (κ2) is 6.99. The van der Waals surface area contributed by atoms with Gasteiger partial charge in [0.05, 0.1) is 17.3 Å². The van der Waals surface area contributed by atoms with Crippen molar-refractivity contribution in [3.63, 3.8) is 0 Å². The molecule has 1 aliphatic carbocycles. The summed E-state index contributed by atoms with van der Waals surface area (Å²) in [5.41, 5.74) is 3.02. The quantitative estimate of drug-likeness (QED) is 0.744. The number of hydrogen-bond acceptors (Lipinski definition) is 4. The molecule has 0 spiro atoms. The molecule has 0 atom stereocenters. The van der Waals surface area contributed by atoms with Crippen LogP contribution in [-0.4, -0.2) is 24.2 Å². The van der Waals surface area contributed by atoms with E-state index in [4.69, 9.17) is 4.74 Å². The van der Waals surface area contributed by atoms with Crippen LogP contribution in [0.1, 0.15) is 37.8 Å². The zero-order valence-electron chi connectivity index (χ0n) is 9.65. The number of thiazole rings is 1. The van der Waals surface area contributed by atoms with Crippen LogP contribution in [0, 0.1) is 0 Å². The van der Waals surface area contributed by atoms with Crippen LogP contribution in [0.15, 0.2) is 10.9 Å². The number of ether oxygens (including phenoxy) is 1. The first-order valence-electron chi connectivity index (χ1n) is 6.14. The lowest BCUT2D eigenvalue weighted by Crippen LogP contribution is -2.18. The summed E-state index contributed by atoms with van der Waals surface area (Å²) in [6.45, 7) is 2.80. The smallest absolute Gasteiger partial charge is 0.0795 e. The molecule has 0 unspecified atom stereocenters. The van der Waals surface area contributed by atoms with Crippen molar-refractivity contribution >= 4 is 11.3 Å². The molecular weight excluding hydrogens is 220 g/mol. The van der Waals surface area contributed by atoms with E-state index in [1.165, 1.54) is 25.7 Å².